The van der Waals surface area contributed by atoms with Crippen molar-refractivity contribution in [3.05, 3.63) is 29.8 Å². The molecule has 5 atom stereocenters. The van der Waals surface area contributed by atoms with E-state index in [4.69, 9.17) is 9.47 Å². The number of carbonyl (C=O) groups is 2. The van der Waals surface area contributed by atoms with Crippen LogP contribution in [0.15, 0.2) is 24.3 Å². The van der Waals surface area contributed by atoms with Gasteiger partial charge in [-0.15, -0.1) is 0 Å². The highest BCUT2D eigenvalue weighted by atomic mass is 16.7. The molecule has 1 aliphatic rings. The predicted octanol–water partition coefficient (Wildman–Crippen LogP) is -1.29. The molecule has 9 nitrogen and oxygen atoms in total. The Kier molecular flexibility index (Phi) is 5.73. The van der Waals surface area contributed by atoms with E-state index in [1.54, 1.807) is 6.07 Å². The van der Waals surface area contributed by atoms with Crippen molar-refractivity contribution in [2.75, 3.05) is 6.61 Å². The molecule has 132 valence electrons. The smallest absolute Gasteiger partial charge is 0.339 e. The fourth-order valence-corrected chi connectivity index (χ4v) is 2.44. The van der Waals surface area contributed by atoms with E-state index in [-0.39, 0.29) is 11.3 Å². The van der Waals surface area contributed by atoms with Gasteiger partial charge in [0.2, 0.25) is 12.2 Å². The van der Waals surface area contributed by atoms with Crippen molar-refractivity contribution in [2.24, 2.45) is 0 Å². The number of aliphatic hydroxyl groups excluding tert-OH is 3. The number of hydrogen-bond acceptors (Lipinski definition) is 7. The number of carboxylic acid groups (broad SMARTS) is 1. The molecule has 0 unspecified atom stereocenters. The van der Waals surface area contributed by atoms with Crippen LogP contribution in [0.1, 0.15) is 17.3 Å². The lowest BCUT2D eigenvalue weighted by Crippen LogP contribution is -2.65. The van der Waals surface area contributed by atoms with E-state index in [1.165, 1.54) is 25.1 Å². The molecule has 24 heavy (non-hydrogen) atoms. The highest BCUT2D eigenvalue weighted by molar-refractivity contribution is 5.90. The molecule has 0 spiro atoms. The van der Waals surface area contributed by atoms with E-state index in [2.05, 4.69) is 5.32 Å². The Bertz CT molecular complexity index is 607. The Labute approximate surface area is 137 Å². The van der Waals surface area contributed by atoms with Crippen molar-refractivity contribution >= 4 is 11.9 Å². The van der Waals surface area contributed by atoms with Crippen LogP contribution in [0.2, 0.25) is 0 Å². The summed E-state index contributed by atoms with van der Waals surface area (Å²) in [5.74, 6) is -1.76. The first-order chi connectivity index (χ1) is 11.3. The molecule has 1 aromatic carbocycles. The van der Waals surface area contributed by atoms with Crippen LogP contribution in [-0.2, 0) is 9.53 Å². The molecule has 0 aromatic heterocycles. The summed E-state index contributed by atoms with van der Waals surface area (Å²) >= 11 is 0. The summed E-state index contributed by atoms with van der Waals surface area (Å²) in [5, 5.41) is 40.9. The van der Waals surface area contributed by atoms with Crippen LogP contribution < -0.4 is 10.1 Å². The van der Waals surface area contributed by atoms with Crippen LogP contribution in [0.5, 0.6) is 5.75 Å². The normalized spacial score (nSPS) is 29.8. The van der Waals surface area contributed by atoms with Crippen LogP contribution in [0, 0.1) is 0 Å². The van der Waals surface area contributed by atoms with Gasteiger partial charge in [0, 0.05) is 6.92 Å². The van der Waals surface area contributed by atoms with Crippen molar-refractivity contribution in [1.29, 1.82) is 0 Å². The van der Waals surface area contributed by atoms with Gasteiger partial charge in [-0.1, -0.05) is 12.1 Å². The molecule has 2 rings (SSSR count). The zero-order valence-electron chi connectivity index (χ0n) is 12.8. The summed E-state index contributed by atoms with van der Waals surface area (Å²) in [4.78, 5) is 22.6. The second kappa shape index (κ2) is 7.58. The Morgan fingerprint density at radius 2 is 1.92 bits per heavy atom. The monoisotopic (exact) mass is 341 g/mol. The van der Waals surface area contributed by atoms with Gasteiger partial charge in [0.1, 0.15) is 35.7 Å². The summed E-state index contributed by atoms with van der Waals surface area (Å²) in [5.41, 5.74) is -0.135. The molecular formula is C15H19NO8. The maximum atomic E-state index is 11.3. The van der Waals surface area contributed by atoms with E-state index in [0.29, 0.717) is 0 Å². The topological polar surface area (TPSA) is 146 Å². The van der Waals surface area contributed by atoms with Gasteiger partial charge in [-0.3, -0.25) is 4.79 Å². The minimum absolute atomic E-state index is 0.0365. The molecule has 1 fully saturated rings. The summed E-state index contributed by atoms with van der Waals surface area (Å²) in [6, 6.07) is 4.62. The molecule has 1 saturated heterocycles. The van der Waals surface area contributed by atoms with Gasteiger partial charge in [0.25, 0.3) is 0 Å². The van der Waals surface area contributed by atoms with Crippen molar-refractivity contribution in [3.63, 3.8) is 0 Å². The number of aromatic carboxylic acids is 1. The van der Waals surface area contributed by atoms with Gasteiger partial charge in [-0.05, 0) is 12.1 Å². The number of benzene rings is 1. The van der Waals surface area contributed by atoms with Crippen LogP contribution in [-0.4, -0.2) is 69.6 Å². The van der Waals surface area contributed by atoms with Crippen LogP contribution in [0.3, 0.4) is 0 Å². The van der Waals surface area contributed by atoms with Crippen molar-refractivity contribution in [2.45, 2.75) is 37.6 Å². The van der Waals surface area contributed by atoms with Gasteiger partial charge in [-0.25, -0.2) is 4.79 Å². The van der Waals surface area contributed by atoms with Crippen molar-refractivity contribution in [3.8, 4) is 5.75 Å². The summed E-state index contributed by atoms with van der Waals surface area (Å²) in [6.45, 7) is 0.616. The van der Waals surface area contributed by atoms with E-state index in [1.807, 2.05) is 0 Å². The SMILES string of the molecule is CC(=O)N[C@H]1[C@@H](Oc2ccccc2C(=O)O)O[C@H](CO)[C@H](O)[C@@H]1O. The molecule has 9 heteroatoms. The highest BCUT2D eigenvalue weighted by Crippen LogP contribution is 2.26. The van der Waals surface area contributed by atoms with E-state index in [9.17, 15) is 30.0 Å². The first-order valence-electron chi connectivity index (χ1n) is 7.23. The quantitative estimate of drug-likeness (QED) is 0.445. The first-order valence-corrected chi connectivity index (χ1v) is 7.23. The van der Waals surface area contributed by atoms with Gasteiger partial charge < -0.3 is 35.2 Å². The van der Waals surface area contributed by atoms with E-state index >= 15 is 0 Å². The number of amides is 1. The van der Waals surface area contributed by atoms with Gasteiger partial charge in [0.05, 0.1) is 6.61 Å². The molecular weight excluding hydrogens is 322 g/mol. The minimum Gasteiger partial charge on any atom is -0.478 e. The van der Waals surface area contributed by atoms with Crippen molar-refractivity contribution < 1.29 is 39.5 Å². The average molecular weight is 341 g/mol. The minimum atomic E-state index is -1.47. The fraction of sp³-hybridized carbons (Fsp3) is 0.467. The van der Waals surface area contributed by atoms with Gasteiger partial charge in [0.15, 0.2) is 0 Å². The second-order valence-corrected chi connectivity index (χ2v) is 5.35. The van der Waals surface area contributed by atoms with Gasteiger partial charge in [-0.2, -0.15) is 0 Å². The number of rotatable bonds is 5. The maximum Gasteiger partial charge on any atom is 0.339 e. The molecule has 0 radical (unpaired) electrons. The lowest BCUT2D eigenvalue weighted by molar-refractivity contribution is -0.244. The number of carbonyl (C=O) groups excluding carboxylic acids is 1. The molecule has 0 aliphatic carbocycles. The highest BCUT2D eigenvalue weighted by Gasteiger charge is 2.46. The Morgan fingerprint density at radius 1 is 1.25 bits per heavy atom. The first kappa shape index (κ1) is 18.1. The summed E-state index contributed by atoms with van der Waals surface area (Å²) in [6.07, 6.45) is -5.36. The number of nitrogens with one attached hydrogen (secondary N) is 1. The molecule has 1 aromatic rings. The number of aliphatic hydroxyl groups is 3. The number of carboxylic acids is 1. The standard InChI is InChI=1S/C15H19NO8/c1-7(18)16-11-13(20)12(19)10(6-17)24-15(11)23-9-5-3-2-4-8(9)14(21)22/h2-5,10-13,15,17,19-20H,6H2,1H3,(H,16,18)(H,21,22)/t10-,11-,12+,13-,15+/m1/s1. The zero-order chi connectivity index (χ0) is 17.9. The van der Waals surface area contributed by atoms with Crippen molar-refractivity contribution in [1.82, 2.24) is 5.32 Å². The molecule has 0 bridgehead atoms. The lowest BCUT2D eigenvalue weighted by Gasteiger charge is -2.42. The van der Waals surface area contributed by atoms with Crippen LogP contribution >= 0.6 is 0 Å². The summed E-state index contributed by atoms with van der Waals surface area (Å²) in [7, 11) is 0. The largest absolute Gasteiger partial charge is 0.478 e. The Hall–Kier alpha value is -2.20. The maximum absolute atomic E-state index is 11.3. The third-order valence-electron chi connectivity index (χ3n) is 3.61. The molecule has 1 heterocycles. The average Bonchev–Trinajstić information content (AvgIpc) is 2.54. The molecule has 5 N–H and O–H groups in total. The Morgan fingerprint density at radius 3 is 2.50 bits per heavy atom. The fourth-order valence-electron chi connectivity index (χ4n) is 2.44. The summed E-state index contributed by atoms with van der Waals surface area (Å²) < 4.78 is 10.9. The molecule has 1 amide bonds. The number of para-hydroxylation sites is 1. The van der Waals surface area contributed by atoms with Crippen LogP contribution in [0.25, 0.3) is 0 Å². The van der Waals surface area contributed by atoms with E-state index < -0.39 is 49.1 Å². The number of ether oxygens (including phenoxy) is 2. The van der Waals surface area contributed by atoms with E-state index in [0.717, 1.165) is 0 Å². The van der Waals surface area contributed by atoms with Crippen LogP contribution in [0.4, 0.5) is 0 Å². The van der Waals surface area contributed by atoms with Gasteiger partial charge >= 0.3 is 5.97 Å². The second-order valence-electron chi connectivity index (χ2n) is 5.35. The molecule has 0 saturated carbocycles. The third-order valence-corrected chi connectivity index (χ3v) is 3.61. The zero-order valence-corrected chi connectivity index (χ0v) is 12.8. The third kappa shape index (κ3) is 3.82. The predicted molar refractivity (Wildman–Crippen MR) is 79.4 cm³/mol. The Balaban J connectivity index is 2.30. The lowest BCUT2D eigenvalue weighted by atomic mass is 9.97. The number of hydrogen-bond donors (Lipinski definition) is 5. The molecule has 1 aliphatic heterocycles.